The van der Waals surface area contributed by atoms with Gasteiger partial charge in [-0.2, -0.15) is 0 Å². The molecule has 1 aromatic heterocycles. The van der Waals surface area contributed by atoms with E-state index in [1.165, 1.54) is 17.3 Å². The van der Waals surface area contributed by atoms with Crippen molar-refractivity contribution in [2.24, 2.45) is 5.92 Å². The molecule has 0 amide bonds. The first-order chi connectivity index (χ1) is 13.6. The van der Waals surface area contributed by atoms with Gasteiger partial charge in [0.05, 0.1) is 24.2 Å². The Hall–Kier alpha value is -1.42. The Morgan fingerprint density at radius 3 is 2.86 bits per heavy atom. The van der Waals surface area contributed by atoms with Crippen LogP contribution >= 0.6 is 11.8 Å². The number of nitrogens with zero attached hydrogens (tertiary/aromatic N) is 3. The van der Waals surface area contributed by atoms with E-state index in [1.807, 2.05) is 6.07 Å². The lowest BCUT2D eigenvalue weighted by atomic mass is 10.1. The minimum Gasteiger partial charge on any atom is -0.416 e. The Morgan fingerprint density at radius 2 is 2.07 bits per heavy atom. The third-order valence-electron chi connectivity index (χ3n) is 5.10. The molecule has 1 aromatic carbocycles. The molecule has 0 bridgehead atoms. The summed E-state index contributed by atoms with van der Waals surface area (Å²) in [5.41, 5.74) is 1.31. The van der Waals surface area contributed by atoms with Gasteiger partial charge in [0, 0.05) is 31.8 Å². The third kappa shape index (κ3) is 5.56. The quantitative estimate of drug-likeness (QED) is 0.626. The van der Waals surface area contributed by atoms with Crippen LogP contribution in [0.2, 0.25) is 0 Å². The number of rotatable bonds is 7. The molecule has 28 heavy (non-hydrogen) atoms. The van der Waals surface area contributed by atoms with Gasteiger partial charge in [-0.05, 0) is 17.9 Å². The molecule has 0 N–H and O–H groups in total. The molecule has 0 spiro atoms. The maximum absolute atomic E-state index is 11.6. The van der Waals surface area contributed by atoms with Gasteiger partial charge < -0.3 is 9.15 Å². The molecule has 3 heterocycles. The van der Waals surface area contributed by atoms with Crippen molar-refractivity contribution in [3.8, 4) is 0 Å². The van der Waals surface area contributed by atoms with Gasteiger partial charge in [0.2, 0.25) is 5.89 Å². The molecular weight excluding hydrogens is 398 g/mol. The van der Waals surface area contributed by atoms with Crippen LogP contribution < -0.4 is 0 Å². The number of hydrogen-bond donors (Lipinski definition) is 0. The predicted octanol–water partition coefficient (Wildman–Crippen LogP) is 2.04. The van der Waals surface area contributed by atoms with E-state index in [9.17, 15) is 8.42 Å². The van der Waals surface area contributed by atoms with E-state index < -0.39 is 9.84 Å². The largest absolute Gasteiger partial charge is 0.416 e. The van der Waals surface area contributed by atoms with Crippen LogP contribution in [0.1, 0.15) is 17.9 Å². The van der Waals surface area contributed by atoms with Crippen molar-refractivity contribution in [2.75, 3.05) is 37.0 Å². The maximum Gasteiger partial charge on any atom is 0.276 e. The van der Waals surface area contributed by atoms with Crippen molar-refractivity contribution >= 4 is 21.6 Å². The van der Waals surface area contributed by atoms with Crippen LogP contribution in [0.4, 0.5) is 0 Å². The fourth-order valence-corrected chi connectivity index (χ4v) is 6.34. The topological polar surface area (TPSA) is 85.5 Å². The lowest BCUT2D eigenvalue weighted by molar-refractivity contribution is -0.0188. The second kappa shape index (κ2) is 8.94. The maximum atomic E-state index is 11.6. The van der Waals surface area contributed by atoms with Crippen molar-refractivity contribution in [3.05, 3.63) is 41.8 Å². The number of morpholine rings is 1. The summed E-state index contributed by atoms with van der Waals surface area (Å²) in [4.78, 5) is 2.41. The third-order valence-corrected chi connectivity index (χ3v) is 7.89. The summed E-state index contributed by atoms with van der Waals surface area (Å²) < 4.78 is 34.7. The summed E-state index contributed by atoms with van der Waals surface area (Å²) in [7, 11) is -2.88. The number of ether oxygens (including phenoxy) is 1. The highest BCUT2D eigenvalue weighted by atomic mass is 32.2. The van der Waals surface area contributed by atoms with Gasteiger partial charge in [-0.3, -0.25) is 4.90 Å². The molecule has 2 saturated heterocycles. The van der Waals surface area contributed by atoms with Crippen LogP contribution in [0.15, 0.2) is 40.0 Å². The lowest BCUT2D eigenvalue weighted by Gasteiger charge is -2.32. The van der Waals surface area contributed by atoms with E-state index in [4.69, 9.17) is 9.15 Å². The molecule has 9 heteroatoms. The van der Waals surface area contributed by atoms with E-state index in [-0.39, 0.29) is 23.5 Å². The van der Waals surface area contributed by atoms with Crippen LogP contribution in [-0.4, -0.2) is 66.6 Å². The first-order valence-electron chi connectivity index (χ1n) is 9.59. The molecule has 2 unspecified atom stereocenters. The summed E-state index contributed by atoms with van der Waals surface area (Å²) in [6, 6.07) is 10.5. The molecule has 0 aliphatic carbocycles. The number of sulfone groups is 1. The summed E-state index contributed by atoms with van der Waals surface area (Å²) in [5.74, 6) is 1.87. The molecular formula is C19H25N3O4S2. The summed E-state index contributed by atoms with van der Waals surface area (Å²) in [6.07, 6.45) is 1.34. The fraction of sp³-hybridized carbons (Fsp3) is 0.579. The zero-order chi connectivity index (χ0) is 19.4. The molecule has 2 aromatic rings. The van der Waals surface area contributed by atoms with Crippen LogP contribution in [-0.2, 0) is 27.5 Å². The number of aromatic nitrogens is 2. The van der Waals surface area contributed by atoms with Crippen LogP contribution in [0, 0.1) is 5.92 Å². The van der Waals surface area contributed by atoms with Gasteiger partial charge in [-0.15, -0.1) is 10.2 Å². The number of hydrogen-bond acceptors (Lipinski definition) is 8. The average Bonchev–Trinajstić information content (AvgIpc) is 3.27. The highest BCUT2D eigenvalue weighted by molar-refractivity contribution is 7.99. The van der Waals surface area contributed by atoms with Crippen molar-refractivity contribution in [2.45, 2.75) is 30.7 Å². The normalized spacial score (nSPS) is 25.1. The summed E-state index contributed by atoms with van der Waals surface area (Å²) in [6.45, 7) is 3.47. The van der Waals surface area contributed by atoms with Gasteiger partial charge in [0.25, 0.3) is 5.22 Å². The monoisotopic (exact) mass is 423 g/mol. The minimum absolute atomic E-state index is 0.0940. The van der Waals surface area contributed by atoms with Gasteiger partial charge in [-0.1, -0.05) is 42.1 Å². The summed E-state index contributed by atoms with van der Waals surface area (Å²) >= 11 is 1.50. The van der Waals surface area contributed by atoms with Crippen LogP contribution in [0.25, 0.3) is 0 Å². The van der Waals surface area contributed by atoms with E-state index in [0.717, 1.165) is 32.0 Å². The molecule has 152 valence electrons. The number of thioether (sulfide) groups is 1. The Morgan fingerprint density at radius 1 is 1.21 bits per heavy atom. The van der Waals surface area contributed by atoms with E-state index in [2.05, 4.69) is 39.4 Å². The van der Waals surface area contributed by atoms with Crippen molar-refractivity contribution in [1.29, 1.82) is 0 Å². The van der Waals surface area contributed by atoms with E-state index in [1.54, 1.807) is 0 Å². The van der Waals surface area contributed by atoms with E-state index >= 15 is 0 Å². The zero-order valence-corrected chi connectivity index (χ0v) is 17.3. The van der Waals surface area contributed by atoms with Crippen molar-refractivity contribution < 1.29 is 17.6 Å². The molecule has 2 fully saturated rings. The SMILES string of the molecule is O=S1(=O)CCC(Cc2nnc(SCC3CN(Cc4ccccc4)CCO3)o2)C1. The first kappa shape index (κ1) is 19.9. The highest BCUT2D eigenvalue weighted by Crippen LogP contribution is 2.25. The fourth-order valence-electron chi connectivity index (χ4n) is 3.69. The first-order valence-corrected chi connectivity index (χ1v) is 12.4. The summed E-state index contributed by atoms with van der Waals surface area (Å²) in [5, 5.41) is 8.70. The molecule has 0 radical (unpaired) electrons. The second-order valence-corrected chi connectivity index (χ2v) is 10.7. The second-order valence-electron chi connectivity index (χ2n) is 7.46. The standard InChI is InChI=1S/C19H25N3O4S2/c23-28(24)9-6-16(14-28)10-18-20-21-19(26-18)27-13-17-12-22(7-8-25-17)11-15-4-2-1-3-5-15/h1-5,16-17H,6-14H2. The van der Waals surface area contributed by atoms with Crippen LogP contribution in [0.3, 0.4) is 0 Å². The van der Waals surface area contributed by atoms with Crippen LogP contribution in [0.5, 0.6) is 0 Å². The molecule has 2 atom stereocenters. The smallest absolute Gasteiger partial charge is 0.276 e. The molecule has 7 nitrogen and oxygen atoms in total. The average molecular weight is 424 g/mol. The Balaban J connectivity index is 1.24. The Labute approximate surface area is 169 Å². The Bertz CT molecular complexity index is 872. The zero-order valence-electron chi connectivity index (χ0n) is 15.7. The predicted molar refractivity (Wildman–Crippen MR) is 107 cm³/mol. The van der Waals surface area contributed by atoms with Crippen molar-refractivity contribution in [3.63, 3.8) is 0 Å². The molecule has 4 rings (SSSR count). The van der Waals surface area contributed by atoms with Crippen molar-refractivity contribution in [1.82, 2.24) is 15.1 Å². The van der Waals surface area contributed by atoms with Gasteiger partial charge in [-0.25, -0.2) is 8.42 Å². The van der Waals surface area contributed by atoms with E-state index in [0.29, 0.717) is 24.0 Å². The lowest BCUT2D eigenvalue weighted by Crippen LogP contribution is -2.43. The molecule has 2 aliphatic rings. The molecule has 0 saturated carbocycles. The van der Waals surface area contributed by atoms with Gasteiger partial charge >= 0.3 is 0 Å². The number of benzene rings is 1. The molecule has 2 aliphatic heterocycles. The van der Waals surface area contributed by atoms with Gasteiger partial charge in [0.1, 0.15) is 0 Å². The highest BCUT2D eigenvalue weighted by Gasteiger charge is 2.29. The Kier molecular flexibility index (Phi) is 6.35. The minimum atomic E-state index is -2.88. The van der Waals surface area contributed by atoms with Gasteiger partial charge in [0.15, 0.2) is 9.84 Å².